The Balaban J connectivity index is 1.57. The number of nitrogens with one attached hydrogen (secondary N) is 1. The summed E-state index contributed by atoms with van der Waals surface area (Å²) in [6.07, 6.45) is 4.06. The van der Waals surface area contributed by atoms with Gasteiger partial charge in [-0.2, -0.15) is 5.26 Å². The quantitative estimate of drug-likeness (QED) is 0.647. The van der Waals surface area contributed by atoms with Crippen molar-refractivity contribution in [1.29, 1.82) is 5.26 Å². The number of anilines is 1. The summed E-state index contributed by atoms with van der Waals surface area (Å²) in [5.74, 6) is 5.00. The van der Waals surface area contributed by atoms with Crippen molar-refractivity contribution in [2.24, 2.45) is 5.92 Å². The number of nitriles is 1. The normalized spacial score (nSPS) is 18.6. The topological polar surface area (TPSA) is 91.6 Å². The van der Waals surface area contributed by atoms with Crippen molar-refractivity contribution in [2.75, 3.05) is 18.5 Å². The molecule has 1 amide bonds. The average Bonchev–Trinajstić information content (AvgIpc) is 3.38. The SMILES string of the molecule is N#Cc1ccc(NC(=O)C(O)(C#Cc2ccc(C3OCCO3)cc2)C2CCCCC2)cc1Cl. The summed E-state index contributed by atoms with van der Waals surface area (Å²) in [6, 6.07) is 14.0. The van der Waals surface area contributed by atoms with Gasteiger partial charge in [-0.05, 0) is 43.2 Å². The summed E-state index contributed by atoms with van der Waals surface area (Å²) in [4.78, 5) is 13.2. The molecule has 6 nitrogen and oxygen atoms in total. The minimum absolute atomic E-state index is 0.234. The first-order valence-electron chi connectivity index (χ1n) is 11.1. The molecule has 2 N–H and O–H groups in total. The molecule has 1 saturated carbocycles. The van der Waals surface area contributed by atoms with Crippen LogP contribution < -0.4 is 5.32 Å². The van der Waals surface area contributed by atoms with Crippen molar-refractivity contribution < 1.29 is 19.4 Å². The monoisotopic (exact) mass is 464 g/mol. The van der Waals surface area contributed by atoms with Crippen molar-refractivity contribution in [3.05, 3.63) is 64.2 Å². The number of ether oxygens (including phenoxy) is 2. The summed E-state index contributed by atoms with van der Waals surface area (Å²) in [5.41, 5.74) is 0.447. The molecule has 170 valence electrons. The largest absolute Gasteiger partial charge is 0.369 e. The van der Waals surface area contributed by atoms with Crippen LogP contribution in [0.1, 0.15) is 55.1 Å². The molecule has 1 aliphatic heterocycles. The summed E-state index contributed by atoms with van der Waals surface area (Å²) in [5, 5.41) is 23.5. The van der Waals surface area contributed by atoms with Crippen LogP contribution in [0, 0.1) is 29.1 Å². The minimum atomic E-state index is -1.85. The van der Waals surface area contributed by atoms with Gasteiger partial charge in [-0.1, -0.05) is 54.8 Å². The maximum atomic E-state index is 13.2. The molecule has 1 aliphatic carbocycles. The number of benzene rings is 2. The fourth-order valence-electron chi connectivity index (χ4n) is 4.22. The van der Waals surface area contributed by atoms with Crippen LogP contribution in [-0.2, 0) is 14.3 Å². The maximum absolute atomic E-state index is 13.2. The van der Waals surface area contributed by atoms with Gasteiger partial charge in [0.05, 0.1) is 23.8 Å². The lowest BCUT2D eigenvalue weighted by atomic mass is 9.76. The second-order valence-electron chi connectivity index (χ2n) is 8.31. The summed E-state index contributed by atoms with van der Waals surface area (Å²) >= 11 is 6.09. The average molecular weight is 465 g/mol. The fourth-order valence-corrected chi connectivity index (χ4v) is 4.44. The number of rotatable bonds is 4. The van der Waals surface area contributed by atoms with Crippen molar-refractivity contribution in [3.8, 4) is 17.9 Å². The van der Waals surface area contributed by atoms with E-state index in [1.54, 1.807) is 6.07 Å². The van der Waals surface area contributed by atoms with Crippen molar-refractivity contribution in [1.82, 2.24) is 0 Å². The highest BCUT2D eigenvalue weighted by atomic mass is 35.5. The Morgan fingerprint density at radius 3 is 2.42 bits per heavy atom. The van der Waals surface area contributed by atoms with Gasteiger partial charge in [-0.25, -0.2) is 0 Å². The lowest BCUT2D eigenvalue weighted by Gasteiger charge is -2.33. The van der Waals surface area contributed by atoms with Gasteiger partial charge in [-0.15, -0.1) is 0 Å². The standard InChI is InChI=1S/C26H25ClN2O4/c27-23-16-22(11-10-20(23)17-28)29-25(30)26(31,21-4-2-1-3-5-21)13-12-18-6-8-19(9-7-18)24-32-14-15-33-24/h6-11,16,21,24,31H,1-5,14-15H2,(H,29,30). The van der Waals surface area contributed by atoms with Crippen LogP contribution >= 0.6 is 11.6 Å². The van der Waals surface area contributed by atoms with E-state index in [2.05, 4.69) is 17.2 Å². The first kappa shape index (κ1) is 23.3. The molecule has 2 aliphatic rings. The van der Waals surface area contributed by atoms with E-state index in [4.69, 9.17) is 26.3 Å². The third-order valence-corrected chi connectivity index (χ3v) is 6.40. The van der Waals surface area contributed by atoms with Crippen LogP contribution in [0.2, 0.25) is 5.02 Å². The Bertz CT molecular complexity index is 1100. The lowest BCUT2D eigenvalue weighted by molar-refractivity contribution is -0.134. The summed E-state index contributed by atoms with van der Waals surface area (Å²) in [7, 11) is 0. The van der Waals surface area contributed by atoms with Crippen molar-refractivity contribution in [2.45, 2.75) is 44.0 Å². The van der Waals surface area contributed by atoms with E-state index in [1.807, 2.05) is 30.3 Å². The highest BCUT2D eigenvalue weighted by Crippen LogP contribution is 2.34. The zero-order valence-corrected chi connectivity index (χ0v) is 18.9. The van der Waals surface area contributed by atoms with Crippen molar-refractivity contribution >= 4 is 23.2 Å². The van der Waals surface area contributed by atoms with Gasteiger partial charge in [0, 0.05) is 22.7 Å². The Morgan fingerprint density at radius 1 is 1.09 bits per heavy atom. The van der Waals surface area contributed by atoms with E-state index in [0.29, 0.717) is 30.0 Å². The molecular weight excluding hydrogens is 440 g/mol. The third kappa shape index (κ3) is 5.38. The first-order valence-corrected chi connectivity index (χ1v) is 11.5. The Hall–Kier alpha value is -2.87. The highest BCUT2D eigenvalue weighted by molar-refractivity contribution is 6.32. The number of aliphatic hydroxyl groups is 1. The number of nitrogens with zero attached hydrogens (tertiary/aromatic N) is 1. The Labute approximate surface area is 198 Å². The van der Waals surface area contributed by atoms with Gasteiger partial charge in [-0.3, -0.25) is 4.79 Å². The van der Waals surface area contributed by atoms with Crippen LogP contribution in [0.15, 0.2) is 42.5 Å². The molecule has 1 unspecified atom stereocenters. The van der Waals surface area contributed by atoms with E-state index >= 15 is 0 Å². The molecule has 1 saturated heterocycles. The smallest absolute Gasteiger partial charge is 0.269 e. The summed E-state index contributed by atoms with van der Waals surface area (Å²) < 4.78 is 11.0. The third-order valence-electron chi connectivity index (χ3n) is 6.09. The van der Waals surface area contributed by atoms with Gasteiger partial charge in [0.15, 0.2) is 6.29 Å². The number of hydrogen-bond acceptors (Lipinski definition) is 5. The number of halogens is 1. The van der Waals surface area contributed by atoms with Gasteiger partial charge in [0.2, 0.25) is 5.60 Å². The number of amides is 1. The number of carbonyl (C=O) groups excluding carboxylic acids is 1. The zero-order valence-electron chi connectivity index (χ0n) is 18.1. The molecule has 2 aromatic carbocycles. The summed E-state index contributed by atoms with van der Waals surface area (Å²) in [6.45, 7) is 1.14. The first-order chi connectivity index (χ1) is 16.0. The van der Waals surface area contributed by atoms with Crippen LogP contribution in [0.4, 0.5) is 5.69 Å². The highest BCUT2D eigenvalue weighted by Gasteiger charge is 2.43. The molecule has 2 aromatic rings. The lowest BCUT2D eigenvalue weighted by Crippen LogP contribution is -2.48. The van der Waals surface area contributed by atoms with Gasteiger partial charge < -0.3 is 19.9 Å². The van der Waals surface area contributed by atoms with E-state index < -0.39 is 11.5 Å². The molecule has 1 heterocycles. The molecule has 7 heteroatoms. The zero-order chi connectivity index (χ0) is 23.3. The van der Waals surface area contributed by atoms with Crippen LogP contribution in [-0.4, -0.2) is 29.8 Å². The molecule has 2 fully saturated rings. The molecule has 0 spiro atoms. The minimum Gasteiger partial charge on any atom is -0.369 e. The van der Waals surface area contributed by atoms with Gasteiger partial charge in [0.1, 0.15) is 6.07 Å². The van der Waals surface area contributed by atoms with Crippen LogP contribution in [0.3, 0.4) is 0 Å². The molecule has 1 atom stereocenters. The van der Waals surface area contributed by atoms with Gasteiger partial charge >= 0.3 is 0 Å². The van der Waals surface area contributed by atoms with E-state index in [-0.39, 0.29) is 17.2 Å². The van der Waals surface area contributed by atoms with E-state index in [1.165, 1.54) is 12.1 Å². The molecule has 0 aromatic heterocycles. The second-order valence-corrected chi connectivity index (χ2v) is 8.71. The number of hydrogen-bond donors (Lipinski definition) is 2. The number of carbonyl (C=O) groups is 1. The second kappa shape index (κ2) is 10.4. The van der Waals surface area contributed by atoms with Crippen molar-refractivity contribution in [3.63, 3.8) is 0 Å². The predicted octanol–water partition coefficient (Wildman–Crippen LogP) is 4.56. The molecule has 4 rings (SSSR count). The Morgan fingerprint density at radius 2 is 1.79 bits per heavy atom. The molecule has 0 bridgehead atoms. The van der Waals surface area contributed by atoms with Crippen LogP contribution in [0.5, 0.6) is 0 Å². The van der Waals surface area contributed by atoms with Gasteiger partial charge in [0.25, 0.3) is 5.91 Å². The van der Waals surface area contributed by atoms with E-state index in [9.17, 15) is 9.90 Å². The molecule has 33 heavy (non-hydrogen) atoms. The Kier molecular flexibility index (Phi) is 7.33. The molecule has 0 radical (unpaired) electrons. The van der Waals surface area contributed by atoms with Crippen LogP contribution in [0.25, 0.3) is 0 Å². The predicted molar refractivity (Wildman–Crippen MR) is 124 cm³/mol. The fraction of sp³-hybridized carbons (Fsp3) is 0.385. The molecular formula is C26H25ClN2O4. The van der Waals surface area contributed by atoms with E-state index in [0.717, 1.165) is 37.7 Å². The maximum Gasteiger partial charge on any atom is 0.269 e.